The second kappa shape index (κ2) is 9.01. The van der Waals surface area contributed by atoms with Crippen molar-refractivity contribution < 1.29 is 17.9 Å². The van der Waals surface area contributed by atoms with Gasteiger partial charge in [-0.2, -0.15) is 13.2 Å². The van der Waals surface area contributed by atoms with Crippen LogP contribution in [0.5, 0.6) is 0 Å². The van der Waals surface area contributed by atoms with Crippen LogP contribution in [0.15, 0.2) is 0 Å². The lowest BCUT2D eigenvalue weighted by atomic mass is 10.2. The summed E-state index contributed by atoms with van der Waals surface area (Å²) in [5, 5.41) is 0. The minimum atomic E-state index is -4.01. The Morgan fingerprint density at radius 3 is 2.00 bits per heavy atom. The van der Waals surface area contributed by atoms with E-state index in [-0.39, 0.29) is 6.42 Å². The molecule has 0 unspecified atom stereocenters. The quantitative estimate of drug-likeness (QED) is 0.532. The maximum Gasteiger partial charge on any atom is 0.389 e. The van der Waals surface area contributed by atoms with E-state index in [0.717, 1.165) is 12.8 Å². The maximum atomic E-state index is 11.7. The van der Waals surface area contributed by atoms with E-state index in [4.69, 9.17) is 4.74 Å². The molecule has 0 amide bonds. The van der Waals surface area contributed by atoms with Crippen LogP contribution in [0.1, 0.15) is 51.9 Å². The van der Waals surface area contributed by atoms with Crippen LogP contribution in [0.2, 0.25) is 0 Å². The molecule has 0 saturated carbocycles. The van der Waals surface area contributed by atoms with E-state index in [1.807, 2.05) is 0 Å². The third-order valence-electron chi connectivity index (χ3n) is 2.14. The maximum absolute atomic E-state index is 11.7. The van der Waals surface area contributed by atoms with Gasteiger partial charge in [-0.15, -0.1) is 0 Å². The standard InChI is InChI=1S/C11H21F3O/c1-2-3-4-6-9-15-10-7-5-8-11(12,13)14/h2-10H2,1H3. The van der Waals surface area contributed by atoms with Crippen LogP contribution in [0.25, 0.3) is 0 Å². The average molecular weight is 226 g/mol. The number of alkyl halides is 3. The fourth-order valence-electron chi connectivity index (χ4n) is 1.26. The monoisotopic (exact) mass is 226 g/mol. The van der Waals surface area contributed by atoms with E-state index in [0.29, 0.717) is 19.6 Å². The third kappa shape index (κ3) is 13.8. The molecule has 15 heavy (non-hydrogen) atoms. The van der Waals surface area contributed by atoms with Crippen LogP contribution in [-0.4, -0.2) is 19.4 Å². The van der Waals surface area contributed by atoms with Crippen molar-refractivity contribution in [1.29, 1.82) is 0 Å². The number of halogens is 3. The highest BCUT2D eigenvalue weighted by molar-refractivity contribution is 4.50. The van der Waals surface area contributed by atoms with Crippen LogP contribution in [-0.2, 0) is 4.74 Å². The third-order valence-corrected chi connectivity index (χ3v) is 2.14. The number of unbranched alkanes of at least 4 members (excludes halogenated alkanes) is 4. The van der Waals surface area contributed by atoms with Crippen molar-refractivity contribution in [3.63, 3.8) is 0 Å². The lowest BCUT2D eigenvalue weighted by Gasteiger charge is -2.06. The molecule has 0 aliphatic rings. The summed E-state index contributed by atoms with van der Waals surface area (Å²) in [6.45, 7) is 3.28. The highest BCUT2D eigenvalue weighted by Gasteiger charge is 2.25. The van der Waals surface area contributed by atoms with Gasteiger partial charge in [0.2, 0.25) is 0 Å². The van der Waals surface area contributed by atoms with Gasteiger partial charge in [-0.1, -0.05) is 26.2 Å². The van der Waals surface area contributed by atoms with Crippen molar-refractivity contribution in [3.8, 4) is 0 Å². The van der Waals surface area contributed by atoms with Gasteiger partial charge in [-0.3, -0.25) is 0 Å². The van der Waals surface area contributed by atoms with E-state index in [2.05, 4.69) is 6.92 Å². The van der Waals surface area contributed by atoms with Gasteiger partial charge in [0, 0.05) is 19.6 Å². The summed E-state index contributed by atoms with van der Waals surface area (Å²) in [5.41, 5.74) is 0. The Morgan fingerprint density at radius 2 is 1.47 bits per heavy atom. The normalized spacial score (nSPS) is 12.0. The predicted molar refractivity (Wildman–Crippen MR) is 54.9 cm³/mol. The molecule has 0 aromatic carbocycles. The second-order valence-corrected chi connectivity index (χ2v) is 3.75. The molecule has 0 atom stereocenters. The Hall–Kier alpha value is -0.250. The summed E-state index contributed by atoms with van der Waals surface area (Å²) in [6, 6.07) is 0. The van der Waals surface area contributed by atoms with Crippen molar-refractivity contribution >= 4 is 0 Å². The number of ether oxygens (including phenoxy) is 1. The Labute approximate surface area is 90.0 Å². The SMILES string of the molecule is CCCCCCOCCCCC(F)(F)F. The van der Waals surface area contributed by atoms with Crippen LogP contribution >= 0.6 is 0 Å². The van der Waals surface area contributed by atoms with Gasteiger partial charge in [-0.25, -0.2) is 0 Å². The van der Waals surface area contributed by atoms with Gasteiger partial charge in [0.25, 0.3) is 0 Å². The first-order valence-electron chi connectivity index (χ1n) is 5.70. The minimum absolute atomic E-state index is 0.179. The zero-order valence-electron chi connectivity index (χ0n) is 9.41. The van der Waals surface area contributed by atoms with Gasteiger partial charge in [0.15, 0.2) is 0 Å². The van der Waals surface area contributed by atoms with E-state index < -0.39 is 12.6 Å². The highest BCUT2D eigenvalue weighted by Crippen LogP contribution is 2.21. The van der Waals surface area contributed by atoms with Crippen molar-refractivity contribution in [2.75, 3.05) is 13.2 Å². The Morgan fingerprint density at radius 1 is 0.867 bits per heavy atom. The summed E-state index contributed by atoms with van der Waals surface area (Å²) in [5.74, 6) is 0. The molecular formula is C11H21F3O. The molecule has 0 saturated heterocycles. The topological polar surface area (TPSA) is 9.23 Å². The second-order valence-electron chi connectivity index (χ2n) is 3.75. The number of hydrogen-bond acceptors (Lipinski definition) is 1. The molecule has 0 radical (unpaired) electrons. The lowest BCUT2D eigenvalue weighted by molar-refractivity contribution is -0.136. The molecule has 1 nitrogen and oxygen atoms in total. The first kappa shape index (κ1) is 14.8. The lowest BCUT2D eigenvalue weighted by Crippen LogP contribution is -2.07. The molecular weight excluding hydrogens is 205 g/mol. The Balaban J connectivity index is 2.99. The molecule has 0 aromatic heterocycles. The Bertz CT molecular complexity index is 134. The highest BCUT2D eigenvalue weighted by atomic mass is 19.4. The molecule has 0 rings (SSSR count). The fraction of sp³-hybridized carbons (Fsp3) is 1.00. The molecule has 0 aromatic rings. The number of rotatable bonds is 9. The number of hydrogen-bond donors (Lipinski definition) is 0. The molecule has 0 aliphatic carbocycles. The molecule has 0 bridgehead atoms. The van der Waals surface area contributed by atoms with Crippen molar-refractivity contribution in [1.82, 2.24) is 0 Å². The van der Waals surface area contributed by atoms with Gasteiger partial charge in [0.05, 0.1) is 0 Å². The van der Waals surface area contributed by atoms with Crippen molar-refractivity contribution in [3.05, 3.63) is 0 Å². The molecule has 0 spiro atoms. The van der Waals surface area contributed by atoms with E-state index in [1.165, 1.54) is 12.8 Å². The van der Waals surface area contributed by atoms with Gasteiger partial charge in [0.1, 0.15) is 0 Å². The summed E-state index contributed by atoms with van der Waals surface area (Å²) in [6.07, 6.45) is 0.550. The van der Waals surface area contributed by atoms with Crippen LogP contribution in [0.4, 0.5) is 13.2 Å². The van der Waals surface area contributed by atoms with Crippen LogP contribution in [0, 0.1) is 0 Å². The summed E-state index contributed by atoms with van der Waals surface area (Å²) in [7, 11) is 0. The summed E-state index contributed by atoms with van der Waals surface area (Å²) < 4.78 is 40.4. The average Bonchev–Trinajstić information content (AvgIpc) is 2.14. The molecule has 0 N–H and O–H groups in total. The molecule has 0 fully saturated rings. The first-order chi connectivity index (χ1) is 7.06. The van der Waals surface area contributed by atoms with E-state index in [1.54, 1.807) is 0 Å². The Kier molecular flexibility index (Phi) is 8.86. The summed E-state index contributed by atoms with van der Waals surface area (Å²) >= 11 is 0. The molecule has 92 valence electrons. The van der Waals surface area contributed by atoms with E-state index >= 15 is 0 Å². The largest absolute Gasteiger partial charge is 0.389 e. The zero-order chi connectivity index (χ0) is 11.6. The molecule has 4 heteroatoms. The first-order valence-corrected chi connectivity index (χ1v) is 5.70. The predicted octanol–water partition coefficient (Wildman–Crippen LogP) is 4.32. The van der Waals surface area contributed by atoms with Crippen LogP contribution < -0.4 is 0 Å². The van der Waals surface area contributed by atoms with Crippen LogP contribution in [0.3, 0.4) is 0 Å². The molecule has 0 aliphatic heterocycles. The van der Waals surface area contributed by atoms with Crippen molar-refractivity contribution in [2.45, 2.75) is 58.0 Å². The molecule has 0 heterocycles. The van der Waals surface area contributed by atoms with Gasteiger partial charge < -0.3 is 4.74 Å². The smallest absolute Gasteiger partial charge is 0.381 e. The minimum Gasteiger partial charge on any atom is -0.381 e. The van der Waals surface area contributed by atoms with E-state index in [9.17, 15) is 13.2 Å². The van der Waals surface area contributed by atoms with Gasteiger partial charge in [-0.05, 0) is 19.3 Å². The zero-order valence-corrected chi connectivity index (χ0v) is 9.41. The van der Waals surface area contributed by atoms with Gasteiger partial charge >= 0.3 is 6.18 Å². The van der Waals surface area contributed by atoms with Crippen molar-refractivity contribution in [2.24, 2.45) is 0 Å². The fourth-order valence-corrected chi connectivity index (χ4v) is 1.26. The summed E-state index contributed by atoms with van der Waals surface area (Å²) in [4.78, 5) is 0.